The molecule has 0 aliphatic carbocycles. The van der Waals surface area contributed by atoms with Crippen molar-refractivity contribution in [1.29, 1.82) is 0 Å². The summed E-state index contributed by atoms with van der Waals surface area (Å²) in [6, 6.07) is 0. The fourth-order valence-corrected chi connectivity index (χ4v) is 5.14. The van der Waals surface area contributed by atoms with E-state index in [-0.39, 0.29) is 5.91 Å². The van der Waals surface area contributed by atoms with Crippen molar-refractivity contribution in [3.63, 3.8) is 0 Å². The molecular weight excluding hydrogens is 457 g/mol. The van der Waals surface area contributed by atoms with E-state index in [4.69, 9.17) is 21.6 Å². The summed E-state index contributed by atoms with van der Waals surface area (Å²) in [5, 5.41) is 11.7. The van der Waals surface area contributed by atoms with Crippen LogP contribution >= 0.6 is 6.72 Å². The van der Waals surface area contributed by atoms with Gasteiger partial charge in [0.15, 0.2) is 0 Å². The van der Waals surface area contributed by atoms with Gasteiger partial charge in [-0.25, -0.2) is 5.26 Å². The first-order chi connectivity index (χ1) is 15.4. The Hall–Kier alpha value is -0.820. The third-order valence-corrected chi connectivity index (χ3v) is 6.22. The smallest absolute Gasteiger partial charge is 0.351 e. The normalized spacial score (nSPS) is 15.0. The van der Waals surface area contributed by atoms with Crippen molar-refractivity contribution >= 4 is 24.4 Å². The maximum absolute atomic E-state index is 12.3. The number of carbonyl (C=O) groups excluding carboxylic acids is 1. The summed E-state index contributed by atoms with van der Waals surface area (Å²) < 4.78 is 9.20. The van der Waals surface area contributed by atoms with Gasteiger partial charge in [-0.1, -0.05) is 62.6 Å². The Balaban J connectivity index is 3.91. The van der Waals surface area contributed by atoms with Gasteiger partial charge in [0.1, 0.15) is 0 Å². The fourth-order valence-electron chi connectivity index (χ4n) is 3.81. The van der Waals surface area contributed by atoms with E-state index >= 15 is 0 Å². The third kappa shape index (κ3) is 20.3. The van der Waals surface area contributed by atoms with Crippen LogP contribution in [0.2, 0.25) is 0 Å². The van der Waals surface area contributed by atoms with Crippen LogP contribution in [-0.2, 0) is 25.8 Å². The topological polar surface area (TPSA) is 88.0 Å². The average Bonchev–Trinajstić information content (AvgIpc) is 2.68. The second kappa shape index (κ2) is 17.6. The lowest BCUT2D eigenvalue weighted by Crippen LogP contribution is -2.48. The van der Waals surface area contributed by atoms with Crippen LogP contribution in [0.15, 0.2) is 36.5 Å². The van der Waals surface area contributed by atoms with Gasteiger partial charge in [-0.05, 0) is 84.4 Å². The largest absolute Gasteiger partial charge is 0.353 e. The quantitative estimate of drug-likeness (QED) is 0.0561. The highest BCUT2D eigenvalue weighted by Gasteiger charge is 2.35. The Morgan fingerprint density at radius 3 is 2.09 bits per heavy atom. The lowest BCUT2D eigenvalue weighted by Gasteiger charge is -2.36. The molecule has 0 aromatic rings. The van der Waals surface area contributed by atoms with Crippen LogP contribution in [-0.4, -0.2) is 27.2 Å². The van der Waals surface area contributed by atoms with Crippen LogP contribution in [0.25, 0.3) is 0 Å². The molecule has 0 aromatic heterocycles. The minimum Gasteiger partial charge on any atom is -0.351 e. The molecule has 0 saturated heterocycles. The molecule has 33 heavy (non-hydrogen) atoms. The van der Waals surface area contributed by atoms with Crippen LogP contribution < -0.4 is 5.32 Å². The molecule has 0 heterocycles. The molecular formula is C25H46NO5PS. The Bertz CT molecular complexity index is 674. The fraction of sp³-hybridized carbons (Fsp3) is 0.720. The molecule has 0 rings (SSSR count). The van der Waals surface area contributed by atoms with Gasteiger partial charge < -0.3 is 14.7 Å². The molecule has 192 valence electrons. The molecule has 0 fully saturated rings. The van der Waals surface area contributed by atoms with Gasteiger partial charge in [-0.2, -0.15) is 4.67 Å². The number of allylic oxidation sites excluding steroid dienone is 6. The average molecular weight is 504 g/mol. The molecule has 1 amide bonds. The van der Waals surface area contributed by atoms with E-state index in [1.807, 2.05) is 13.8 Å². The van der Waals surface area contributed by atoms with E-state index in [0.29, 0.717) is 12.8 Å². The Morgan fingerprint density at radius 1 is 0.939 bits per heavy atom. The van der Waals surface area contributed by atoms with E-state index in [9.17, 15) is 9.69 Å². The maximum Gasteiger partial charge on any atom is 0.353 e. The summed E-state index contributed by atoms with van der Waals surface area (Å²) in [5.74, 6) is -0.00110. The van der Waals surface area contributed by atoms with Gasteiger partial charge in [0.05, 0.1) is 5.60 Å². The molecule has 3 N–H and O–H groups in total. The zero-order valence-corrected chi connectivity index (χ0v) is 22.9. The Kier molecular flexibility index (Phi) is 17.2. The number of rotatable bonds is 19. The van der Waals surface area contributed by atoms with Crippen molar-refractivity contribution in [2.24, 2.45) is 0 Å². The van der Waals surface area contributed by atoms with Gasteiger partial charge in [0.25, 0.3) is 0 Å². The lowest BCUT2D eigenvalue weighted by molar-refractivity contribution is -0.158. The van der Waals surface area contributed by atoms with Crippen molar-refractivity contribution in [3.05, 3.63) is 36.5 Å². The SMILES string of the molecule is CC/C=C\C/C=C\C/C=C\CCCCCCCC(=O)NC(C)(C)CC(C)(C)OP(O)(=S)OO. The summed E-state index contributed by atoms with van der Waals surface area (Å²) in [6.07, 6.45) is 23.8. The minimum absolute atomic E-state index is 0.00110. The number of unbranched alkanes of at least 4 members (excludes halogenated alkanes) is 5. The van der Waals surface area contributed by atoms with Crippen molar-refractivity contribution in [2.75, 3.05) is 0 Å². The minimum atomic E-state index is -3.69. The van der Waals surface area contributed by atoms with Crippen LogP contribution in [0.5, 0.6) is 0 Å². The first kappa shape index (κ1) is 32.2. The lowest BCUT2D eigenvalue weighted by atomic mass is 9.89. The van der Waals surface area contributed by atoms with Gasteiger partial charge in [0.2, 0.25) is 5.91 Å². The van der Waals surface area contributed by atoms with E-state index in [0.717, 1.165) is 44.9 Å². The summed E-state index contributed by atoms with van der Waals surface area (Å²) in [4.78, 5) is 22.0. The molecule has 8 heteroatoms. The van der Waals surface area contributed by atoms with Crippen molar-refractivity contribution in [1.82, 2.24) is 5.32 Å². The summed E-state index contributed by atoms with van der Waals surface area (Å²) in [7, 11) is 0. The van der Waals surface area contributed by atoms with Crippen LogP contribution in [0.4, 0.5) is 0 Å². The van der Waals surface area contributed by atoms with E-state index in [1.165, 1.54) is 12.8 Å². The standard InChI is InChI=1S/C25H46NO5PS/c1-6-7-8-9-10-11-12-13-14-15-16-17-18-19-20-21-23(27)26-24(2,3)22-25(4,5)30-32(29,33)31-28/h7-8,10-11,13-14,28H,6,9,12,15-22H2,1-5H3,(H,26,27)(H,29,33)/b8-7-,11-10-,14-13-. The molecule has 0 bridgehead atoms. The van der Waals surface area contributed by atoms with Crippen molar-refractivity contribution < 1.29 is 24.1 Å². The number of carbonyl (C=O) groups is 1. The molecule has 0 aliphatic rings. The number of amides is 1. The Labute approximate surface area is 206 Å². The molecule has 0 aromatic carbocycles. The van der Waals surface area contributed by atoms with Gasteiger partial charge >= 0.3 is 6.72 Å². The van der Waals surface area contributed by atoms with E-state index < -0.39 is 17.9 Å². The molecule has 1 unspecified atom stereocenters. The first-order valence-corrected chi connectivity index (χ1v) is 14.6. The highest BCUT2D eigenvalue weighted by molar-refractivity contribution is 8.07. The molecule has 0 radical (unpaired) electrons. The Morgan fingerprint density at radius 2 is 1.48 bits per heavy atom. The predicted molar refractivity (Wildman–Crippen MR) is 141 cm³/mol. The molecule has 1 atom stereocenters. The van der Waals surface area contributed by atoms with Crippen LogP contribution in [0.1, 0.15) is 105 Å². The van der Waals surface area contributed by atoms with E-state index in [1.54, 1.807) is 13.8 Å². The van der Waals surface area contributed by atoms with Crippen molar-refractivity contribution in [3.8, 4) is 0 Å². The third-order valence-electron chi connectivity index (χ3n) is 4.87. The predicted octanol–water partition coefficient (Wildman–Crippen LogP) is 7.36. The molecule has 0 aliphatic heterocycles. The first-order valence-electron chi connectivity index (χ1n) is 12.1. The molecule has 6 nitrogen and oxygen atoms in total. The number of hydrogen-bond donors (Lipinski definition) is 3. The summed E-state index contributed by atoms with van der Waals surface area (Å²) in [5.41, 5.74) is -1.43. The van der Waals surface area contributed by atoms with Gasteiger partial charge in [0, 0.05) is 12.0 Å². The summed E-state index contributed by atoms with van der Waals surface area (Å²) in [6.45, 7) is 5.70. The zero-order valence-electron chi connectivity index (χ0n) is 21.2. The van der Waals surface area contributed by atoms with Crippen molar-refractivity contribution in [2.45, 2.75) is 116 Å². The van der Waals surface area contributed by atoms with Crippen LogP contribution in [0.3, 0.4) is 0 Å². The van der Waals surface area contributed by atoms with Gasteiger partial charge in [-0.3, -0.25) is 4.79 Å². The van der Waals surface area contributed by atoms with E-state index in [2.05, 4.69) is 53.4 Å². The highest BCUT2D eigenvalue weighted by atomic mass is 32.5. The number of nitrogens with one attached hydrogen (secondary N) is 1. The zero-order chi connectivity index (χ0) is 25.2. The number of hydrogen-bond acceptors (Lipinski definition) is 5. The van der Waals surface area contributed by atoms with Crippen LogP contribution in [0, 0.1) is 0 Å². The summed E-state index contributed by atoms with van der Waals surface area (Å²) >= 11 is 4.69. The molecule has 0 saturated carbocycles. The second-order valence-corrected chi connectivity index (χ2v) is 12.3. The monoisotopic (exact) mass is 503 g/mol. The van der Waals surface area contributed by atoms with Gasteiger partial charge in [-0.15, -0.1) is 0 Å². The maximum atomic E-state index is 12.3. The second-order valence-electron chi connectivity index (χ2n) is 9.61. The molecule has 0 spiro atoms. The highest BCUT2D eigenvalue weighted by Crippen LogP contribution is 2.48.